The quantitative estimate of drug-likeness (QED) is 0.246. The van der Waals surface area contributed by atoms with Gasteiger partial charge >= 0.3 is 0 Å². The predicted molar refractivity (Wildman–Crippen MR) is 27.9 cm³/mol. The van der Waals surface area contributed by atoms with Crippen LogP contribution in [-0.2, 0) is 0 Å². The van der Waals surface area contributed by atoms with Crippen molar-refractivity contribution in [1.82, 2.24) is 0 Å². The van der Waals surface area contributed by atoms with Crippen LogP contribution in [0.5, 0.6) is 0 Å². The Labute approximate surface area is 63.5 Å². The number of rotatable bonds is 2. The highest BCUT2D eigenvalue weighted by Crippen LogP contribution is 1.71. The van der Waals surface area contributed by atoms with Crippen LogP contribution in [0.1, 0.15) is 0 Å². The summed E-state index contributed by atoms with van der Waals surface area (Å²) < 4.78 is 0. The van der Waals surface area contributed by atoms with Crippen LogP contribution in [0.15, 0.2) is 0 Å². The third-order valence-corrected chi connectivity index (χ3v) is 0.421. The van der Waals surface area contributed by atoms with Gasteiger partial charge in [0.15, 0.2) is 0 Å². The van der Waals surface area contributed by atoms with Crippen LogP contribution >= 0.6 is 0 Å². The van der Waals surface area contributed by atoms with E-state index in [4.69, 9.17) is 25.4 Å². The fourth-order valence-corrected chi connectivity index (χ4v) is 0.0577. The van der Waals surface area contributed by atoms with Crippen LogP contribution in [-0.4, -0.2) is 34.6 Å². The highest BCUT2D eigenvalue weighted by atomic mass is 35.5. The SMILES string of the molecule is O=[NH+][O-].OCC(O)CO.[Cl-]. The third kappa shape index (κ3) is 25.6. The first-order valence-electron chi connectivity index (χ1n) is 2.12. The zero-order valence-electron chi connectivity index (χ0n) is 5.03. The molecule has 0 bridgehead atoms. The molecule has 0 saturated carbocycles. The van der Waals surface area contributed by atoms with Crippen molar-refractivity contribution >= 4 is 0 Å². The molecule has 0 atom stereocenters. The Morgan fingerprint density at radius 2 is 1.60 bits per heavy atom. The highest BCUT2D eigenvalue weighted by Gasteiger charge is 1.93. The van der Waals surface area contributed by atoms with E-state index in [0.717, 1.165) is 0 Å². The van der Waals surface area contributed by atoms with Crippen molar-refractivity contribution in [1.29, 1.82) is 0 Å². The molecule has 64 valence electrons. The van der Waals surface area contributed by atoms with Gasteiger partial charge in [0.2, 0.25) is 0 Å². The number of nitrogens with one attached hydrogen (secondary N) is 1. The van der Waals surface area contributed by atoms with Crippen LogP contribution < -0.4 is 17.7 Å². The standard InChI is InChI=1S/C3H8O3.ClH.HNO2/c4-1-3(6)2-5;;2-1-3/h3-6H,1-2H2;1H;1H/p-1. The van der Waals surface area contributed by atoms with Crippen molar-refractivity contribution in [2.24, 2.45) is 0 Å². The summed E-state index contributed by atoms with van der Waals surface area (Å²) in [6.07, 6.45) is -0.954. The van der Waals surface area contributed by atoms with E-state index < -0.39 is 6.10 Å². The summed E-state index contributed by atoms with van der Waals surface area (Å²) >= 11 is 0. The molecule has 0 radical (unpaired) electrons. The monoisotopic (exact) mass is 174 g/mol. The molecule has 0 aliphatic carbocycles. The second-order valence-corrected chi connectivity index (χ2v) is 1.10. The molecule has 7 heteroatoms. The summed E-state index contributed by atoms with van der Waals surface area (Å²) in [4.78, 5) is 8.12. The van der Waals surface area contributed by atoms with E-state index in [9.17, 15) is 0 Å². The minimum Gasteiger partial charge on any atom is -1.00 e. The van der Waals surface area contributed by atoms with Crippen molar-refractivity contribution in [2.75, 3.05) is 13.2 Å². The van der Waals surface area contributed by atoms with Gasteiger partial charge in [0.05, 0.1) is 13.2 Å². The van der Waals surface area contributed by atoms with E-state index in [1.807, 2.05) is 0 Å². The molecule has 0 rings (SSSR count). The second kappa shape index (κ2) is 15.8. The van der Waals surface area contributed by atoms with Crippen LogP contribution in [0.3, 0.4) is 0 Å². The van der Waals surface area contributed by atoms with Crippen molar-refractivity contribution in [3.05, 3.63) is 10.1 Å². The van der Waals surface area contributed by atoms with Gasteiger partial charge in [-0.1, -0.05) is 0 Å². The average molecular weight is 175 g/mol. The molecular formula is C3H9ClNO5-. The summed E-state index contributed by atoms with van der Waals surface area (Å²) in [5.41, 5.74) is 0. The Morgan fingerprint density at radius 1 is 1.40 bits per heavy atom. The summed E-state index contributed by atoms with van der Waals surface area (Å²) in [5, 5.41) is 32.4. The smallest absolute Gasteiger partial charge is 0.100 e. The minimum atomic E-state index is -0.954. The van der Waals surface area contributed by atoms with Gasteiger partial charge in [-0.05, 0) is 0 Å². The Balaban J connectivity index is -0.000000107. The number of halogens is 1. The summed E-state index contributed by atoms with van der Waals surface area (Å²) in [5.74, 6) is 0. The summed E-state index contributed by atoms with van der Waals surface area (Å²) in [6, 6.07) is 0. The Morgan fingerprint density at radius 3 is 1.60 bits per heavy atom. The minimum absolute atomic E-state index is 0. The van der Waals surface area contributed by atoms with Crippen molar-refractivity contribution in [2.45, 2.75) is 6.10 Å². The van der Waals surface area contributed by atoms with E-state index in [0.29, 0.717) is 0 Å². The normalized spacial score (nSPS) is 7.20. The van der Waals surface area contributed by atoms with Crippen LogP contribution in [0.4, 0.5) is 0 Å². The van der Waals surface area contributed by atoms with Gasteiger partial charge in [0, 0.05) is 5.34 Å². The Kier molecular flexibility index (Phi) is 25.8. The van der Waals surface area contributed by atoms with E-state index >= 15 is 0 Å². The van der Waals surface area contributed by atoms with Crippen LogP contribution in [0.25, 0.3) is 0 Å². The molecule has 0 heterocycles. The lowest BCUT2D eigenvalue weighted by Gasteiger charge is -1.96. The van der Waals surface area contributed by atoms with Gasteiger partial charge in [-0.2, -0.15) is 0 Å². The lowest BCUT2D eigenvalue weighted by molar-refractivity contribution is -0.398. The molecule has 0 aliphatic heterocycles. The van der Waals surface area contributed by atoms with Gasteiger partial charge in [-0.3, -0.25) is 10.1 Å². The van der Waals surface area contributed by atoms with E-state index in [1.165, 1.54) is 0 Å². The van der Waals surface area contributed by atoms with E-state index in [1.54, 1.807) is 0 Å². The molecule has 0 spiro atoms. The first kappa shape index (κ1) is 16.3. The maximum atomic E-state index is 8.17. The zero-order valence-corrected chi connectivity index (χ0v) is 5.78. The summed E-state index contributed by atoms with van der Waals surface area (Å²) in [6.45, 7) is -0.729. The highest BCUT2D eigenvalue weighted by molar-refractivity contribution is 4.43. The van der Waals surface area contributed by atoms with Gasteiger partial charge < -0.3 is 27.7 Å². The predicted octanol–water partition coefficient (Wildman–Crippen LogP) is -6.33. The molecule has 4 N–H and O–H groups in total. The van der Waals surface area contributed by atoms with Gasteiger partial charge in [0.1, 0.15) is 6.10 Å². The third-order valence-electron chi connectivity index (χ3n) is 0.421. The van der Waals surface area contributed by atoms with E-state index in [-0.39, 0.29) is 31.0 Å². The maximum Gasteiger partial charge on any atom is 0.100 e. The fourth-order valence-electron chi connectivity index (χ4n) is 0.0577. The molecule has 0 saturated heterocycles. The zero-order chi connectivity index (χ0) is 7.70. The lowest BCUT2D eigenvalue weighted by atomic mass is 10.4. The molecule has 0 unspecified atom stereocenters. The molecule has 0 aromatic rings. The average Bonchev–Trinajstić information content (AvgIpc) is 1.88. The Bertz CT molecular complexity index is 58.9. The molecule has 0 aromatic heterocycles. The topological polar surface area (TPSA) is 115 Å². The maximum absolute atomic E-state index is 8.17. The van der Waals surface area contributed by atoms with Gasteiger partial charge in [0.25, 0.3) is 0 Å². The first-order valence-corrected chi connectivity index (χ1v) is 2.12. The number of aliphatic hydroxyl groups is 3. The van der Waals surface area contributed by atoms with Gasteiger partial charge in [-0.15, -0.1) is 0 Å². The lowest BCUT2D eigenvalue weighted by Crippen LogP contribution is -3.00. The largest absolute Gasteiger partial charge is 1.00 e. The number of hydrogen-bond donors (Lipinski definition) is 4. The molecule has 0 amide bonds. The number of hydrogen-bond acceptors (Lipinski definition) is 5. The van der Waals surface area contributed by atoms with Crippen molar-refractivity contribution in [3.63, 3.8) is 0 Å². The van der Waals surface area contributed by atoms with Crippen LogP contribution in [0.2, 0.25) is 0 Å². The fraction of sp³-hybridized carbons (Fsp3) is 1.00. The molecule has 0 aromatic carbocycles. The molecular weight excluding hydrogens is 165 g/mol. The van der Waals surface area contributed by atoms with Crippen LogP contribution in [0, 0.1) is 10.1 Å². The molecule has 0 aliphatic rings. The molecule has 6 nitrogen and oxygen atoms in total. The second-order valence-electron chi connectivity index (χ2n) is 1.10. The summed E-state index contributed by atoms with van der Waals surface area (Å²) in [7, 11) is 0. The molecule has 0 fully saturated rings. The number of aliphatic hydroxyl groups excluding tert-OH is 3. The van der Waals surface area contributed by atoms with Gasteiger partial charge in [-0.25, -0.2) is 0 Å². The Hall–Kier alpha value is -0.430. The van der Waals surface area contributed by atoms with Crippen molar-refractivity contribution < 1.29 is 33.1 Å². The van der Waals surface area contributed by atoms with Crippen molar-refractivity contribution in [3.8, 4) is 0 Å². The van der Waals surface area contributed by atoms with E-state index in [2.05, 4.69) is 0 Å². The first-order chi connectivity index (χ1) is 4.22. The molecule has 10 heavy (non-hydrogen) atoms.